The van der Waals surface area contributed by atoms with Gasteiger partial charge in [0.05, 0.1) is 12.2 Å². The molecule has 1 spiro atoms. The average molecular weight is 283 g/mol. The standard InChI is InChI=1S/C16H29NO3/c1-18-16(8-10-19-13-16)12-17-14-5-9-20-15(11-14)6-3-2-4-7-15/h14,17H,2-13H2,1H3. The first-order valence-electron chi connectivity index (χ1n) is 8.26. The van der Waals surface area contributed by atoms with Crippen molar-refractivity contribution in [2.45, 2.75) is 68.6 Å². The summed E-state index contributed by atoms with van der Waals surface area (Å²) in [6, 6.07) is 0.578. The molecule has 0 bridgehead atoms. The first-order chi connectivity index (χ1) is 9.76. The molecule has 2 heterocycles. The Hall–Kier alpha value is -0.160. The molecule has 1 N–H and O–H groups in total. The lowest BCUT2D eigenvalue weighted by Gasteiger charge is -2.44. The lowest BCUT2D eigenvalue weighted by Crippen LogP contribution is -2.52. The number of methoxy groups -OCH3 is 1. The van der Waals surface area contributed by atoms with Gasteiger partial charge in [0.25, 0.3) is 0 Å². The number of rotatable bonds is 4. The van der Waals surface area contributed by atoms with Crippen molar-refractivity contribution in [1.29, 1.82) is 0 Å². The van der Waals surface area contributed by atoms with Crippen molar-refractivity contribution < 1.29 is 14.2 Å². The average Bonchev–Trinajstić information content (AvgIpc) is 2.96. The van der Waals surface area contributed by atoms with E-state index in [4.69, 9.17) is 14.2 Å². The number of ether oxygens (including phenoxy) is 3. The summed E-state index contributed by atoms with van der Waals surface area (Å²) in [6.07, 6.45) is 9.87. The normalized spacial score (nSPS) is 37.4. The van der Waals surface area contributed by atoms with Crippen LogP contribution in [0.2, 0.25) is 0 Å². The van der Waals surface area contributed by atoms with Crippen LogP contribution in [0, 0.1) is 0 Å². The summed E-state index contributed by atoms with van der Waals surface area (Å²) in [5.41, 5.74) is 0.0820. The molecule has 3 aliphatic rings. The van der Waals surface area contributed by atoms with Crippen LogP contribution in [0.15, 0.2) is 0 Å². The highest BCUT2D eigenvalue weighted by Crippen LogP contribution is 2.38. The van der Waals surface area contributed by atoms with Gasteiger partial charge in [-0.1, -0.05) is 19.3 Å². The predicted octanol–water partition coefficient (Wildman–Crippen LogP) is 2.26. The van der Waals surface area contributed by atoms with Crippen molar-refractivity contribution in [3.8, 4) is 0 Å². The summed E-state index contributed by atoms with van der Waals surface area (Å²) in [5.74, 6) is 0. The number of hydrogen-bond acceptors (Lipinski definition) is 4. The number of nitrogens with one attached hydrogen (secondary N) is 1. The summed E-state index contributed by atoms with van der Waals surface area (Å²) >= 11 is 0. The largest absolute Gasteiger partial charge is 0.378 e. The zero-order valence-electron chi connectivity index (χ0n) is 12.8. The highest BCUT2D eigenvalue weighted by atomic mass is 16.5. The molecule has 116 valence electrons. The molecule has 0 aromatic heterocycles. The van der Waals surface area contributed by atoms with Crippen LogP contribution in [-0.2, 0) is 14.2 Å². The minimum absolute atomic E-state index is 0.0992. The summed E-state index contributed by atoms with van der Waals surface area (Å²) in [5, 5.41) is 3.74. The first-order valence-corrected chi connectivity index (χ1v) is 8.26. The molecule has 2 atom stereocenters. The highest BCUT2D eigenvalue weighted by molar-refractivity contribution is 4.94. The van der Waals surface area contributed by atoms with Crippen LogP contribution < -0.4 is 5.32 Å². The predicted molar refractivity (Wildman–Crippen MR) is 78.0 cm³/mol. The summed E-state index contributed by atoms with van der Waals surface area (Å²) in [6.45, 7) is 3.37. The summed E-state index contributed by atoms with van der Waals surface area (Å²) in [7, 11) is 1.81. The van der Waals surface area contributed by atoms with Gasteiger partial charge in [-0.05, 0) is 25.7 Å². The topological polar surface area (TPSA) is 39.7 Å². The molecule has 2 saturated heterocycles. The molecule has 2 aliphatic heterocycles. The zero-order chi connectivity index (χ0) is 13.9. The molecule has 1 saturated carbocycles. The van der Waals surface area contributed by atoms with E-state index in [2.05, 4.69) is 5.32 Å². The lowest BCUT2D eigenvalue weighted by molar-refractivity contribution is -0.111. The van der Waals surface area contributed by atoms with Gasteiger partial charge in [-0.2, -0.15) is 0 Å². The maximum Gasteiger partial charge on any atom is 0.106 e. The fourth-order valence-electron chi connectivity index (χ4n) is 4.04. The van der Waals surface area contributed by atoms with Crippen LogP contribution in [0.4, 0.5) is 0 Å². The smallest absolute Gasteiger partial charge is 0.106 e. The van der Waals surface area contributed by atoms with E-state index in [0.29, 0.717) is 6.04 Å². The Bertz CT molecular complexity index is 303. The number of hydrogen-bond donors (Lipinski definition) is 1. The zero-order valence-corrected chi connectivity index (χ0v) is 12.8. The fourth-order valence-corrected chi connectivity index (χ4v) is 4.04. The Labute approximate surface area is 122 Å². The van der Waals surface area contributed by atoms with Crippen LogP contribution in [0.1, 0.15) is 51.4 Å². The molecular weight excluding hydrogens is 254 g/mol. The molecule has 3 rings (SSSR count). The van der Waals surface area contributed by atoms with E-state index < -0.39 is 0 Å². The minimum Gasteiger partial charge on any atom is -0.378 e. The maximum absolute atomic E-state index is 6.16. The van der Waals surface area contributed by atoms with Crippen molar-refractivity contribution in [3.05, 3.63) is 0 Å². The maximum atomic E-state index is 6.16. The Morgan fingerprint density at radius 2 is 2.00 bits per heavy atom. The minimum atomic E-state index is -0.0992. The van der Waals surface area contributed by atoms with E-state index in [1.54, 1.807) is 0 Å². The third-order valence-electron chi connectivity index (χ3n) is 5.47. The van der Waals surface area contributed by atoms with E-state index in [1.807, 2.05) is 7.11 Å². The van der Waals surface area contributed by atoms with Gasteiger partial charge in [0.2, 0.25) is 0 Å². The van der Waals surface area contributed by atoms with Gasteiger partial charge >= 0.3 is 0 Å². The fraction of sp³-hybridized carbons (Fsp3) is 1.00. The third kappa shape index (κ3) is 3.19. The van der Waals surface area contributed by atoms with Gasteiger partial charge in [0, 0.05) is 39.3 Å². The highest BCUT2D eigenvalue weighted by Gasteiger charge is 2.40. The Kier molecular flexibility index (Phi) is 4.65. The van der Waals surface area contributed by atoms with Gasteiger partial charge in [-0.3, -0.25) is 0 Å². The van der Waals surface area contributed by atoms with Gasteiger partial charge in [0.1, 0.15) is 5.60 Å². The second-order valence-corrected chi connectivity index (χ2v) is 6.85. The van der Waals surface area contributed by atoms with E-state index in [9.17, 15) is 0 Å². The van der Waals surface area contributed by atoms with Crippen molar-refractivity contribution >= 4 is 0 Å². The molecule has 4 heteroatoms. The van der Waals surface area contributed by atoms with Crippen molar-refractivity contribution in [1.82, 2.24) is 5.32 Å². The molecule has 1 aliphatic carbocycles. The molecule has 0 aromatic rings. The molecule has 0 radical (unpaired) electrons. The van der Waals surface area contributed by atoms with Crippen LogP contribution in [0.25, 0.3) is 0 Å². The van der Waals surface area contributed by atoms with E-state index in [0.717, 1.165) is 39.2 Å². The van der Waals surface area contributed by atoms with Crippen LogP contribution in [-0.4, -0.2) is 50.7 Å². The quantitative estimate of drug-likeness (QED) is 0.859. The summed E-state index contributed by atoms with van der Waals surface area (Å²) in [4.78, 5) is 0. The molecule has 20 heavy (non-hydrogen) atoms. The van der Waals surface area contributed by atoms with Crippen molar-refractivity contribution in [2.24, 2.45) is 0 Å². The molecule has 3 fully saturated rings. The van der Waals surface area contributed by atoms with E-state index >= 15 is 0 Å². The van der Waals surface area contributed by atoms with E-state index in [-0.39, 0.29) is 11.2 Å². The van der Waals surface area contributed by atoms with Crippen LogP contribution in [0.3, 0.4) is 0 Å². The van der Waals surface area contributed by atoms with Crippen LogP contribution >= 0.6 is 0 Å². The lowest BCUT2D eigenvalue weighted by atomic mass is 9.78. The van der Waals surface area contributed by atoms with Crippen molar-refractivity contribution in [3.63, 3.8) is 0 Å². The Balaban J connectivity index is 1.52. The molecule has 0 amide bonds. The molecule has 0 aromatic carbocycles. The monoisotopic (exact) mass is 283 g/mol. The van der Waals surface area contributed by atoms with Gasteiger partial charge in [-0.25, -0.2) is 0 Å². The van der Waals surface area contributed by atoms with Crippen LogP contribution in [0.5, 0.6) is 0 Å². The molecular formula is C16H29NO3. The Morgan fingerprint density at radius 3 is 2.70 bits per heavy atom. The van der Waals surface area contributed by atoms with Gasteiger partial charge in [0.15, 0.2) is 0 Å². The van der Waals surface area contributed by atoms with Gasteiger partial charge in [-0.15, -0.1) is 0 Å². The van der Waals surface area contributed by atoms with E-state index in [1.165, 1.54) is 38.5 Å². The second kappa shape index (κ2) is 6.30. The third-order valence-corrected chi connectivity index (χ3v) is 5.47. The SMILES string of the molecule is COC1(CNC2CCOC3(CCCCC3)C2)CCOC1. The second-order valence-electron chi connectivity index (χ2n) is 6.85. The first kappa shape index (κ1) is 14.8. The molecule has 2 unspecified atom stereocenters. The summed E-state index contributed by atoms with van der Waals surface area (Å²) < 4.78 is 17.4. The Morgan fingerprint density at radius 1 is 1.15 bits per heavy atom. The van der Waals surface area contributed by atoms with Gasteiger partial charge < -0.3 is 19.5 Å². The molecule has 4 nitrogen and oxygen atoms in total. The van der Waals surface area contributed by atoms with Crippen molar-refractivity contribution in [2.75, 3.05) is 33.5 Å².